The van der Waals surface area contributed by atoms with Gasteiger partial charge in [0.15, 0.2) is 0 Å². The minimum atomic E-state index is -0.456. The van der Waals surface area contributed by atoms with Crippen LogP contribution in [0.1, 0.15) is 25.3 Å². The molecule has 0 aromatic heterocycles. The molecule has 4 nitrogen and oxygen atoms in total. The average molecular weight is 265 g/mol. The maximum atomic E-state index is 13.8. The molecule has 0 radical (unpaired) electrons. The first kappa shape index (κ1) is 13.8. The summed E-state index contributed by atoms with van der Waals surface area (Å²) in [4.78, 5) is 2.04. The first-order valence-electron chi connectivity index (χ1n) is 6.56. The van der Waals surface area contributed by atoms with E-state index in [1.54, 1.807) is 12.1 Å². The molecule has 1 fully saturated rings. The van der Waals surface area contributed by atoms with E-state index in [2.05, 4.69) is 0 Å². The molecule has 1 unspecified atom stereocenters. The summed E-state index contributed by atoms with van der Waals surface area (Å²) in [5, 5.41) is 17.1. The zero-order valence-corrected chi connectivity index (χ0v) is 11.1. The summed E-state index contributed by atoms with van der Waals surface area (Å²) < 4.78 is 13.8. The Morgan fingerprint density at radius 1 is 1.47 bits per heavy atom. The molecule has 4 N–H and O–H groups in total. The highest BCUT2D eigenvalue weighted by atomic mass is 19.1. The van der Waals surface area contributed by atoms with Gasteiger partial charge in [0.1, 0.15) is 11.7 Å². The summed E-state index contributed by atoms with van der Waals surface area (Å²) in [7, 11) is 0. The van der Waals surface area contributed by atoms with Crippen LogP contribution in [0.4, 0.5) is 10.1 Å². The number of hydrogen-bond donors (Lipinski definition) is 3. The van der Waals surface area contributed by atoms with Crippen LogP contribution in [0, 0.1) is 17.1 Å². The van der Waals surface area contributed by atoms with E-state index in [9.17, 15) is 9.50 Å². The zero-order chi connectivity index (χ0) is 14.0. The molecule has 104 valence electrons. The molecule has 2 rings (SSSR count). The Morgan fingerprint density at radius 3 is 2.63 bits per heavy atom. The van der Waals surface area contributed by atoms with Crippen LogP contribution in [0.3, 0.4) is 0 Å². The van der Waals surface area contributed by atoms with Crippen molar-refractivity contribution in [2.75, 3.05) is 18.0 Å². The van der Waals surface area contributed by atoms with Gasteiger partial charge in [0.25, 0.3) is 0 Å². The van der Waals surface area contributed by atoms with Crippen LogP contribution in [0.15, 0.2) is 18.2 Å². The Morgan fingerprint density at radius 2 is 2.11 bits per heavy atom. The Kier molecular flexibility index (Phi) is 4.04. The Hall–Kier alpha value is -1.62. The van der Waals surface area contributed by atoms with E-state index >= 15 is 0 Å². The van der Waals surface area contributed by atoms with Crippen molar-refractivity contribution in [2.45, 2.75) is 25.9 Å². The van der Waals surface area contributed by atoms with Crippen molar-refractivity contribution in [3.63, 3.8) is 0 Å². The van der Waals surface area contributed by atoms with Gasteiger partial charge in [-0.25, -0.2) is 4.39 Å². The third-order valence-corrected chi connectivity index (χ3v) is 3.82. The minimum Gasteiger partial charge on any atom is -0.393 e. The van der Waals surface area contributed by atoms with Crippen molar-refractivity contribution in [1.29, 1.82) is 5.41 Å². The molecular formula is C14H20FN3O. The number of aliphatic hydroxyl groups excluding tert-OH is 1. The van der Waals surface area contributed by atoms with Crippen molar-refractivity contribution in [2.24, 2.45) is 11.7 Å². The maximum Gasteiger partial charge on any atom is 0.136 e. The second-order valence-electron chi connectivity index (χ2n) is 5.11. The van der Waals surface area contributed by atoms with E-state index in [-0.39, 0.29) is 17.5 Å². The molecule has 1 aliphatic heterocycles. The number of nitrogens with zero attached hydrogens (tertiary/aromatic N) is 1. The van der Waals surface area contributed by atoms with Crippen LogP contribution >= 0.6 is 0 Å². The van der Waals surface area contributed by atoms with E-state index in [4.69, 9.17) is 11.1 Å². The molecule has 19 heavy (non-hydrogen) atoms. The highest BCUT2D eigenvalue weighted by molar-refractivity contribution is 6.00. The summed E-state index contributed by atoms with van der Waals surface area (Å²) in [5.74, 6) is -0.404. The highest BCUT2D eigenvalue weighted by Gasteiger charge is 2.25. The minimum absolute atomic E-state index is 0.179. The van der Waals surface area contributed by atoms with Gasteiger partial charge in [0.05, 0.1) is 17.4 Å². The summed E-state index contributed by atoms with van der Waals surface area (Å²) in [6, 6.07) is 4.75. The van der Waals surface area contributed by atoms with Gasteiger partial charge < -0.3 is 15.7 Å². The van der Waals surface area contributed by atoms with Gasteiger partial charge in [0, 0.05) is 13.1 Å². The van der Waals surface area contributed by atoms with Crippen LogP contribution in [0.5, 0.6) is 0 Å². The predicted molar refractivity (Wildman–Crippen MR) is 74.0 cm³/mol. The number of anilines is 1. The van der Waals surface area contributed by atoms with Crippen molar-refractivity contribution in [3.05, 3.63) is 29.6 Å². The molecule has 1 heterocycles. The number of nitrogen functional groups attached to an aromatic ring is 1. The molecule has 0 spiro atoms. The summed E-state index contributed by atoms with van der Waals surface area (Å²) >= 11 is 0. The fourth-order valence-corrected chi connectivity index (χ4v) is 2.67. The largest absolute Gasteiger partial charge is 0.393 e. The van der Waals surface area contributed by atoms with E-state index < -0.39 is 5.82 Å². The van der Waals surface area contributed by atoms with Gasteiger partial charge in [-0.15, -0.1) is 0 Å². The van der Waals surface area contributed by atoms with Gasteiger partial charge in [-0.1, -0.05) is 6.07 Å². The summed E-state index contributed by atoms with van der Waals surface area (Å²) in [6.45, 7) is 3.31. The fourth-order valence-electron chi connectivity index (χ4n) is 2.67. The number of halogens is 1. The molecule has 5 heteroatoms. The lowest BCUT2D eigenvalue weighted by Crippen LogP contribution is -2.38. The molecule has 1 aromatic rings. The van der Waals surface area contributed by atoms with Crippen molar-refractivity contribution in [3.8, 4) is 0 Å². The standard InChI is InChI=1S/C14H20FN3O/c1-9(19)10-5-7-18(8-6-10)12-4-2-3-11(15)13(12)14(16)17/h2-4,9-10,19H,5-8H2,1H3,(H3,16,17). The van der Waals surface area contributed by atoms with Gasteiger partial charge in [-0.3, -0.25) is 5.41 Å². The lowest BCUT2D eigenvalue weighted by atomic mass is 9.91. The molecule has 1 saturated heterocycles. The number of piperidine rings is 1. The number of benzene rings is 1. The lowest BCUT2D eigenvalue weighted by Gasteiger charge is -2.35. The number of nitrogens with one attached hydrogen (secondary N) is 1. The SMILES string of the molecule is CC(O)C1CCN(c2cccc(F)c2C(=N)N)CC1. The van der Waals surface area contributed by atoms with Gasteiger partial charge in [0.2, 0.25) is 0 Å². The van der Waals surface area contributed by atoms with Crippen molar-refractivity contribution >= 4 is 11.5 Å². The lowest BCUT2D eigenvalue weighted by molar-refractivity contribution is 0.110. The second kappa shape index (κ2) is 5.57. The van der Waals surface area contributed by atoms with Crippen LogP contribution < -0.4 is 10.6 Å². The summed E-state index contributed by atoms with van der Waals surface area (Å²) in [5.41, 5.74) is 6.33. The second-order valence-corrected chi connectivity index (χ2v) is 5.11. The van der Waals surface area contributed by atoms with Crippen molar-refractivity contribution in [1.82, 2.24) is 0 Å². The first-order valence-corrected chi connectivity index (χ1v) is 6.56. The Bertz CT molecular complexity index is 468. The molecule has 0 aliphatic carbocycles. The van der Waals surface area contributed by atoms with Crippen LogP contribution in [0.25, 0.3) is 0 Å². The average Bonchev–Trinajstić information content (AvgIpc) is 2.38. The molecule has 0 amide bonds. The molecule has 1 atom stereocenters. The molecule has 0 bridgehead atoms. The zero-order valence-electron chi connectivity index (χ0n) is 11.1. The van der Waals surface area contributed by atoms with Crippen molar-refractivity contribution < 1.29 is 9.50 Å². The molecule has 1 aromatic carbocycles. The molecule has 1 aliphatic rings. The van der Waals surface area contributed by atoms with Crippen LogP contribution in [0.2, 0.25) is 0 Å². The van der Waals surface area contributed by atoms with E-state index in [0.29, 0.717) is 11.6 Å². The number of hydrogen-bond acceptors (Lipinski definition) is 3. The van der Waals surface area contributed by atoms with Gasteiger partial charge >= 0.3 is 0 Å². The normalized spacial score (nSPS) is 18.4. The van der Waals surface area contributed by atoms with E-state index in [1.807, 2.05) is 11.8 Å². The predicted octanol–water partition coefficient (Wildman–Crippen LogP) is 1.71. The number of nitrogens with two attached hydrogens (primary N) is 1. The molecular weight excluding hydrogens is 245 g/mol. The number of rotatable bonds is 3. The van der Waals surface area contributed by atoms with E-state index in [1.165, 1.54) is 6.07 Å². The number of amidine groups is 1. The topological polar surface area (TPSA) is 73.3 Å². The van der Waals surface area contributed by atoms with E-state index in [0.717, 1.165) is 25.9 Å². The Balaban J connectivity index is 2.20. The van der Waals surface area contributed by atoms with Gasteiger partial charge in [-0.05, 0) is 37.8 Å². The smallest absolute Gasteiger partial charge is 0.136 e. The van der Waals surface area contributed by atoms with Crippen LogP contribution in [-0.2, 0) is 0 Å². The van der Waals surface area contributed by atoms with Crippen LogP contribution in [-0.4, -0.2) is 30.1 Å². The summed E-state index contributed by atoms with van der Waals surface area (Å²) in [6.07, 6.45) is 1.43. The monoisotopic (exact) mass is 265 g/mol. The number of aliphatic hydroxyl groups is 1. The fraction of sp³-hybridized carbons (Fsp3) is 0.500. The Labute approximate surface area is 112 Å². The highest BCUT2D eigenvalue weighted by Crippen LogP contribution is 2.28. The quantitative estimate of drug-likeness (QED) is 0.575. The first-order chi connectivity index (χ1) is 9.00. The third-order valence-electron chi connectivity index (χ3n) is 3.82. The third kappa shape index (κ3) is 2.87. The maximum absolute atomic E-state index is 13.8. The molecule has 0 saturated carbocycles. The van der Waals surface area contributed by atoms with Gasteiger partial charge in [-0.2, -0.15) is 0 Å².